The Balaban J connectivity index is 0.000000207. The fraction of sp³-hybridized carbons (Fsp3) is 0.353. The van der Waals surface area contributed by atoms with Crippen LogP contribution in [0.1, 0.15) is 60.1 Å². The van der Waals surface area contributed by atoms with Crippen LogP contribution in [0.5, 0.6) is 5.88 Å². The molecule has 0 saturated carbocycles. The molecule has 2 aliphatic rings. The Bertz CT molecular complexity index is 1530. The number of halogens is 1. The molecular formula is C34H40FN4NaO2. The molecule has 0 saturated heterocycles. The number of nitrogen functional groups attached to an aromatic ring is 2. The van der Waals surface area contributed by atoms with Gasteiger partial charge in [-0.2, -0.15) is 4.39 Å². The van der Waals surface area contributed by atoms with Crippen LogP contribution in [0, 0.1) is 19.8 Å². The van der Waals surface area contributed by atoms with Gasteiger partial charge in [-0.1, -0.05) is 19.1 Å². The van der Waals surface area contributed by atoms with Gasteiger partial charge in [0.25, 0.3) is 0 Å². The first kappa shape index (κ1) is 33.5. The van der Waals surface area contributed by atoms with E-state index >= 15 is 0 Å². The number of nitrogens with two attached hydrogens (primary N) is 2. The molecule has 6 rings (SSSR count). The number of pyridine rings is 2. The van der Waals surface area contributed by atoms with E-state index < -0.39 is 5.95 Å². The van der Waals surface area contributed by atoms with Crippen molar-refractivity contribution < 1.29 is 43.8 Å². The number of hydrogen-bond acceptors (Lipinski definition) is 6. The Labute approximate surface area is 271 Å². The number of rotatable bonds is 4. The molecule has 2 aromatic carbocycles. The number of benzene rings is 2. The topological polar surface area (TPSA) is 110 Å². The first-order valence-electron chi connectivity index (χ1n) is 14.4. The minimum Gasteiger partial charge on any atom is -0.855 e. The summed E-state index contributed by atoms with van der Waals surface area (Å²) in [5.41, 5.74) is 26.1. The summed E-state index contributed by atoms with van der Waals surface area (Å²) in [6.07, 6.45) is 10.0. The Kier molecular flexibility index (Phi) is 12.4. The molecule has 0 unspecified atom stereocenters. The van der Waals surface area contributed by atoms with Gasteiger partial charge >= 0.3 is 29.6 Å². The van der Waals surface area contributed by atoms with Gasteiger partial charge in [0, 0.05) is 47.0 Å². The molecule has 0 amide bonds. The molecule has 0 fully saturated rings. The summed E-state index contributed by atoms with van der Waals surface area (Å²) in [5, 5.41) is 8.93. The average Bonchev–Trinajstić information content (AvgIpc) is 3.60. The van der Waals surface area contributed by atoms with Gasteiger partial charge in [-0.15, -0.1) is 6.61 Å². The van der Waals surface area contributed by atoms with Crippen molar-refractivity contribution in [2.24, 2.45) is 0 Å². The molecule has 42 heavy (non-hydrogen) atoms. The molecule has 4 N–H and O–H groups in total. The van der Waals surface area contributed by atoms with E-state index in [1.54, 1.807) is 13.1 Å². The van der Waals surface area contributed by atoms with Crippen LogP contribution in [-0.2, 0) is 25.7 Å². The van der Waals surface area contributed by atoms with Gasteiger partial charge in [0.15, 0.2) is 0 Å². The molecule has 0 radical (unpaired) electrons. The molecule has 4 aromatic rings. The van der Waals surface area contributed by atoms with Crippen LogP contribution in [0.3, 0.4) is 0 Å². The van der Waals surface area contributed by atoms with Crippen molar-refractivity contribution in [3.05, 3.63) is 88.1 Å². The fourth-order valence-corrected chi connectivity index (χ4v) is 5.98. The fourth-order valence-electron chi connectivity index (χ4n) is 5.98. The van der Waals surface area contributed by atoms with E-state index in [1.807, 2.05) is 32.0 Å². The predicted octanol–water partition coefficient (Wildman–Crippen LogP) is 3.16. The number of aryl methyl sites for hydroxylation is 4. The quantitative estimate of drug-likeness (QED) is 0.219. The van der Waals surface area contributed by atoms with E-state index in [0.29, 0.717) is 12.5 Å². The smallest absolute Gasteiger partial charge is 0.855 e. The zero-order valence-electron chi connectivity index (χ0n) is 25.5. The van der Waals surface area contributed by atoms with Gasteiger partial charge in [-0.3, -0.25) is 0 Å². The van der Waals surface area contributed by atoms with Gasteiger partial charge in [0.05, 0.1) is 6.61 Å². The maximum absolute atomic E-state index is 13.2. The molecule has 6 nitrogen and oxygen atoms in total. The van der Waals surface area contributed by atoms with Gasteiger partial charge in [-0.05, 0) is 116 Å². The van der Waals surface area contributed by atoms with Gasteiger partial charge in [0.1, 0.15) is 0 Å². The minimum absolute atomic E-state index is 0. The third kappa shape index (κ3) is 7.51. The SMILES string of the molecule is CCOc1cc(-c2c(C)cc3c(c2N)CCC3)ccn1.CC[O-].Cc1cc2c(c(N)c1-c1ccnc(F)c1)CCC2.[Na+]. The van der Waals surface area contributed by atoms with Crippen LogP contribution in [0.15, 0.2) is 48.8 Å². The van der Waals surface area contributed by atoms with Crippen molar-refractivity contribution in [3.8, 4) is 28.1 Å². The first-order valence-corrected chi connectivity index (χ1v) is 14.4. The van der Waals surface area contributed by atoms with Crippen LogP contribution in [-0.4, -0.2) is 23.2 Å². The van der Waals surface area contributed by atoms with Gasteiger partial charge in [0.2, 0.25) is 11.8 Å². The summed E-state index contributed by atoms with van der Waals surface area (Å²) < 4.78 is 18.7. The third-order valence-corrected chi connectivity index (χ3v) is 7.61. The normalized spacial score (nSPS) is 12.6. The molecule has 2 aromatic heterocycles. The maximum atomic E-state index is 13.2. The van der Waals surface area contributed by atoms with Crippen LogP contribution >= 0.6 is 0 Å². The molecule has 8 heteroatoms. The van der Waals surface area contributed by atoms with Gasteiger partial charge in [-0.25, -0.2) is 9.97 Å². The average molecular weight is 579 g/mol. The van der Waals surface area contributed by atoms with E-state index in [0.717, 1.165) is 71.3 Å². The largest absolute Gasteiger partial charge is 1.00 e. The predicted molar refractivity (Wildman–Crippen MR) is 163 cm³/mol. The molecule has 2 aliphatic carbocycles. The monoisotopic (exact) mass is 578 g/mol. The van der Waals surface area contributed by atoms with E-state index in [9.17, 15) is 4.39 Å². The Morgan fingerprint density at radius 1 is 0.786 bits per heavy atom. The Hall–Kier alpha value is -2.97. The summed E-state index contributed by atoms with van der Waals surface area (Å²) >= 11 is 0. The Morgan fingerprint density at radius 3 is 1.74 bits per heavy atom. The van der Waals surface area contributed by atoms with Crippen LogP contribution in [0.4, 0.5) is 15.8 Å². The van der Waals surface area contributed by atoms with E-state index in [4.69, 9.17) is 21.3 Å². The maximum Gasteiger partial charge on any atom is 1.00 e. The second-order valence-electron chi connectivity index (χ2n) is 10.4. The number of anilines is 2. The third-order valence-electron chi connectivity index (χ3n) is 7.61. The van der Waals surface area contributed by atoms with Crippen molar-refractivity contribution in [3.63, 3.8) is 0 Å². The van der Waals surface area contributed by atoms with Crippen molar-refractivity contribution in [1.82, 2.24) is 9.97 Å². The number of fused-ring (bicyclic) bond motifs is 2. The van der Waals surface area contributed by atoms with Crippen LogP contribution < -0.4 is 50.9 Å². The summed E-state index contributed by atoms with van der Waals surface area (Å²) in [4.78, 5) is 7.81. The van der Waals surface area contributed by atoms with Crippen molar-refractivity contribution in [1.29, 1.82) is 0 Å². The van der Waals surface area contributed by atoms with Gasteiger partial charge < -0.3 is 21.3 Å². The minimum atomic E-state index is -0.466. The second-order valence-corrected chi connectivity index (χ2v) is 10.4. The zero-order valence-corrected chi connectivity index (χ0v) is 27.5. The molecule has 216 valence electrons. The summed E-state index contributed by atoms with van der Waals surface area (Å²) in [6, 6.07) is 11.7. The number of hydrogen-bond donors (Lipinski definition) is 2. The number of nitrogens with zero attached hydrogens (tertiary/aromatic N) is 2. The second kappa shape index (κ2) is 15.5. The zero-order chi connectivity index (χ0) is 29.5. The Morgan fingerprint density at radius 2 is 1.26 bits per heavy atom. The van der Waals surface area contributed by atoms with Crippen LogP contribution in [0.2, 0.25) is 0 Å². The standard InChI is InChI=1S/C17H20N2O.C15H15FN2.C2H5O.Na/c1-3-20-15-10-13(7-8-19-15)16-11(2)9-12-5-4-6-14(12)17(16)18;1-9-7-10-3-2-4-12(10)15(17)14(9)11-5-6-18-13(16)8-11;1-2-3;/h7-10H,3-6,18H2,1-2H3;5-8H,2-4,17H2,1H3;2H2,1H3;/q;;-1;+1. The molecular weight excluding hydrogens is 538 g/mol. The first-order chi connectivity index (χ1) is 19.8. The molecule has 0 bridgehead atoms. The molecule has 2 heterocycles. The van der Waals surface area contributed by atoms with Crippen molar-refractivity contribution in [2.45, 2.75) is 66.2 Å². The van der Waals surface area contributed by atoms with E-state index in [-0.39, 0.29) is 36.2 Å². The molecule has 0 spiro atoms. The number of aromatic nitrogens is 2. The summed E-state index contributed by atoms with van der Waals surface area (Å²) in [6.45, 7) is 8.31. The van der Waals surface area contributed by atoms with E-state index in [1.165, 1.54) is 46.5 Å². The summed E-state index contributed by atoms with van der Waals surface area (Å²) in [5.74, 6) is 0.191. The van der Waals surface area contributed by atoms with Crippen LogP contribution in [0.25, 0.3) is 22.3 Å². The molecule has 0 aliphatic heterocycles. The summed E-state index contributed by atoms with van der Waals surface area (Å²) in [7, 11) is 0. The molecule has 0 atom stereocenters. The van der Waals surface area contributed by atoms with E-state index in [2.05, 4.69) is 29.0 Å². The van der Waals surface area contributed by atoms with Crippen molar-refractivity contribution >= 4 is 11.4 Å². The number of ether oxygens (including phenoxy) is 1. The van der Waals surface area contributed by atoms with Crippen molar-refractivity contribution in [2.75, 3.05) is 24.7 Å².